The Kier molecular flexibility index (Phi) is 4.58. The van der Waals surface area contributed by atoms with Crippen molar-refractivity contribution in [2.75, 3.05) is 5.32 Å². The van der Waals surface area contributed by atoms with E-state index in [9.17, 15) is 9.59 Å². The fourth-order valence-electron chi connectivity index (χ4n) is 3.16. The van der Waals surface area contributed by atoms with Crippen molar-refractivity contribution in [2.24, 2.45) is 0 Å². The first-order valence-electron chi connectivity index (χ1n) is 8.78. The first-order chi connectivity index (χ1) is 13.2. The molecule has 5 heteroatoms. The van der Waals surface area contributed by atoms with Crippen molar-refractivity contribution in [3.63, 3.8) is 0 Å². The van der Waals surface area contributed by atoms with Crippen LogP contribution in [0.15, 0.2) is 90.0 Å². The van der Waals surface area contributed by atoms with Crippen molar-refractivity contribution in [3.8, 4) is 0 Å². The second-order valence-corrected chi connectivity index (χ2v) is 6.40. The Morgan fingerprint density at radius 3 is 2.15 bits per heavy atom. The van der Waals surface area contributed by atoms with Crippen molar-refractivity contribution in [2.45, 2.75) is 13.1 Å². The number of amides is 1. The zero-order valence-corrected chi connectivity index (χ0v) is 14.7. The van der Waals surface area contributed by atoms with Gasteiger partial charge in [0.2, 0.25) is 5.91 Å². The molecule has 0 unspecified atom stereocenters. The second-order valence-electron chi connectivity index (χ2n) is 6.40. The maximum absolute atomic E-state index is 13.0. The molecule has 2 aromatic heterocycles. The number of hydrogen-bond acceptors (Lipinski definition) is 2. The van der Waals surface area contributed by atoms with Crippen molar-refractivity contribution >= 4 is 22.5 Å². The zero-order valence-electron chi connectivity index (χ0n) is 14.7. The van der Waals surface area contributed by atoms with Crippen LogP contribution in [-0.4, -0.2) is 15.0 Å². The van der Waals surface area contributed by atoms with Gasteiger partial charge in [0, 0.05) is 30.0 Å². The number of rotatable bonds is 5. The lowest BCUT2D eigenvalue weighted by molar-refractivity contribution is -0.116. The normalized spacial score (nSPS) is 10.8. The lowest BCUT2D eigenvalue weighted by atomic mass is 10.2. The molecule has 0 bridgehead atoms. The predicted molar refractivity (Wildman–Crippen MR) is 107 cm³/mol. The van der Waals surface area contributed by atoms with Crippen molar-refractivity contribution < 1.29 is 4.79 Å². The molecule has 0 spiro atoms. The average Bonchev–Trinajstić information content (AvgIpc) is 3.09. The fraction of sp³-hybridized carbons (Fsp3) is 0.0909. The van der Waals surface area contributed by atoms with Gasteiger partial charge in [-0.2, -0.15) is 0 Å². The Bertz CT molecular complexity index is 1130. The van der Waals surface area contributed by atoms with Crippen LogP contribution in [0.2, 0.25) is 0 Å². The standard InChI is InChI=1S/C22H19N3O2/c26-20(23-19-9-5-2-6-10-19)16-25-14-12-18-11-13-24(21(18)22(25)27)15-17-7-3-1-4-8-17/h1-14H,15-16H2,(H,23,26). The molecule has 1 N–H and O–H groups in total. The number of para-hydroxylation sites is 1. The van der Waals surface area contributed by atoms with Crippen molar-refractivity contribution in [3.05, 3.63) is 101 Å². The van der Waals surface area contributed by atoms with Crippen molar-refractivity contribution in [1.29, 1.82) is 0 Å². The van der Waals surface area contributed by atoms with E-state index in [0.717, 1.165) is 10.9 Å². The molecule has 134 valence electrons. The van der Waals surface area contributed by atoms with Crippen LogP contribution in [0.3, 0.4) is 0 Å². The van der Waals surface area contributed by atoms with E-state index in [2.05, 4.69) is 5.32 Å². The number of aromatic nitrogens is 2. The molecule has 2 aromatic carbocycles. The summed E-state index contributed by atoms with van der Waals surface area (Å²) in [6.07, 6.45) is 3.58. The van der Waals surface area contributed by atoms with Gasteiger partial charge in [-0.25, -0.2) is 0 Å². The number of fused-ring (bicyclic) bond motifs is 1. The Morgan fingerprint density at radius 2 is 1.44 bits per heavy atom. The van der Waals surface area contributed by atoms with Crippen LogP contribution in [0.4, 0.5) is 5.69 Å². The molecule has 0 fully saturated rings. The summed E-state index contributed by atoms with van der Waals surface area (Å²) in [6.45, 7) is 0.583. The monoisotopic (exact) mass is 357 g/mol. The van der Waals surface area contributed by atoms with Gasteiger partial charge in [-0.05, 0) is 29.8 Å². The molecule has 27 heavy (non-hydrogen) atoms. The molecular weight excluding hydrogens is 338 g/mol. The van der Waals surface area contributed by atoms with Gasteiger partial charge in [0.05, 0.1) is 0 Å². The van der Waals surface area contributed by atoms with Gasteiger partial charge in [0.15, 0.2) is 0 Å². The van der Waals surface area contributed by atoms with Crippen LogP contribution in [0.5, 0.6) is 0 Å². The SMILES string of the molecule is O=C(Cn1ccc2ccn(Cc3ccccc3)c2c1=O)Nc1ccccc1. The van der Waals surface area contributed by atoms with Crippen molar-refractivity contribution in [1.82, 2.24) is 9.13 Å². The summed E-state index contributed by atoms with van der Waals surface area (Å²) in [4.78, 5) is 25.3. The van der Waals surface area contributed by atoms with Gasteiger partial charge in [-0.1, -0.05) is 48.5 Å². The van der Waals surface area contributed by atoms with E-state index in [-0.39, 0.29) is 18.0 Å². The number of benzene rings is 2. The Hall–Kier alpha value is -3.60. The Labute approximate surface area is 156 Å². The van der Waals surface area contributed by atoms with Crippen LogP contribution in [0.1, 0.15) is 5.56 Å². The zero-order chi connectivity index (χ0) is 18.6. The molecule has 1 amide bonds. The van der Waals surface area contributed by atoms with Crippen LogP contribution in [0, 0.1) is 0 Å². The number of carbonyl (C=O) groups excluding carboxylic acids is 1. The molecular formula is C22H19N3O2. The number of carbonyl (C=O) groups is 1. The van der Waals surface area contributed by atoms with Gasteiger partial charge in [-0.3, -0.25) is 9.59 Å². The van der Waals surface area contributed by atoms with E-state index in [4.69, 9.17) is 0 Å². The van der Waals surface area contributed by atoms with Crippen LogP contribution >= 0.6 is 0 Å². The molecule has 4 rings (SSSR count). The minimum absolute atomic E-state index is 0.0276. The molecule has 0 saturated heterocycles. The van der Waals surface area contributed by atoms with E-state index in [1.165, 1.54) is 4.57 Å². The highest BCUT2D eigenvalue weighted by Crippen LogP contribution is 2.14. The maximum atomic E-state index is 13.0. The smallest absolute Gasteiger partial charge is 0.275 e. The first kappa shape index (κ1) is 16.8. The number of hydrogen-bond donors (Lipinski definition) is 1. The highest BCUT2D eigenvalue weighted by atomic mass is 16.2. The first-order valence-corrected chi connectivity index (χ1v) is 8.78. The van der Waals surface area contributed by atoms with E-state index < -0.39 is 0 Å². The summed E-state index contributed by atoms with van der Waals surface area (Å²) in [5.74, 6) is -0.233. The third-order valence-corrected chi connectivity index (χ3v) is 4.46. The molecule has 0 saturated carbocycles. The minimum atomic E-state index is -0.233. The van der Waals surface area contributed by atoms with Gasteiger partial charge in [0.1, 0.15) is 12.1 Å². The summed E-state index contributed by atoms with van der Waals surface area (Å²) >= 11 is 0. The second kappa shape index (κ2) is 7.33. The summed E-state index contributed by atoms with van der Waals surface area (Å²) in [6, 6.07) is 23.0. The molecule has 0 aliphatic carbocycles. The van der Waals surface area contributed by atoms with Crippen LogP contribution in [0.25, 0.3) is 10.9 Å². The van der Waals surface area contributed by atoms with E-state index >= 15 is 0 Å². The molecule has 2 heterocycles. The largest absolute Gasteiger partial charge is 0.339 e. The van der Waals surface area contributed by atoms with Gasteiger partial charge < -0.3 is 14.5 Å². The molecule has 0 radical (unpaired) electrons. The third-order valence-electron chi connectivity index (χ3n) is 4.46. The number of pyridine rings is 1. The molecule has 0 aliphatic rings. The van der Waals surface area contributed by atoms with Gasteiger partial charge in [0.25, 0.3) is 5.56 Å². The van der Waals surface area contributed by atoms with Crippen LogP contribution < -0.4 is 10.9 Å². The summed E-state index contributed by atoms with van der Waals surface area (Å²) in [5, 5.41) is 3.68. The Morgan fingerprint density at radius 1 is 0.815 bits per heavy atom. The fourth-order valence-corrected chi connectivity index (χ4v) is 3.16. The molecule has 0 atom stereocenters. The number of anilines is 1. The Balaban J connectivity index is 1.60. The van der Waals surface area contributed by atoms with E-state index in [1.54, 1.807) is 6.20 Å². The van der Waals surface area contributed by atoms with Gasteiger partial charge in [-0.15, -0.1) is 0 Å². The highest BCUT2D eigenvalue weighted by Gasteiger charge is 2.11. The summed E-state index contributed by atoms with van der Waals surface area (Å²) in [5.41, 5.74) is 2.27. The lowest BCUT2D eigenvalue weighted by Gasteiger charge is -2.09. The average molecular weight is 357 g/mol. The number of nitrogens with zero attached hydrogens (tertiary/aromatic N) is 2. The molecule has 5 nitrogen and oxygen atoms in total. The van der Waals surface area contributed by atoms with Crippen LogP contribution in [-0.2, 0) is 17.9 Å². The van der Waals surface area contributed by atoms with E-state index in [1.807, 2.05) is 83.6 Å². The highest BCUT2D eigenvalue weighted by molar-refractivity contribution is 5.90. The van der Waals surface area contributed by atoms with Gasteiger partial charge >= 0.3 is 0 Å². The summed E-state index contributed by atoms with van der Waals surface area (Å²) in [7, 11) is 0. The van der Waals surface area contributed by atoms with E-state index in [0.29, 0.717) is 17.7 Å². The quantitative estimate of drug-likeness (QED) is 0.594. The lowest BCUT2D eigenvalue weighted by Crippen LogP contribution is -2.28. The molecule has 0 aliphatic heterocycles. The summed E-state index contributed by atoms with van der Waals surface area (Å²) < 4.78 is 3.38. The number of nitrogens with one attached hydrogen (secondary N) is 1. The topological polar surface area (TPSA) is 56.0 Å². The third kappa shape index (κ3) is 3.67. The molecule has 4 aromatic rings. The predicted octanol–water partition coefficient (Wildman–Crippen LogP) is 3.49. The minimum Gasteiger partial charge on any atom is -0.339 e. The maximum Gasteiger partial charge on any atom is 0.275 e.